The molecule has 1 aromatic carbocycles. The number of hydrogen-bond donors (Lipinski definition) is 1. The van der Waals surface area contributed by atoms with Crippen molar-refractivity contribution in [2.45, 2.75) is 38.1 Å². The SMILES string of the molecule is C[C@@H](C(=O)N1CCC(c2ccnn2CCO)CC1)c1cccc(F)c1. The zero-order valence-electron chi connectivity index (χ0n) is 14.4. The summed E-state index contributed by atoms with van der Waals surface area (Å²) in [6.07, 6.45) is 3.51. The molecule has 1 saturated heterocycles. The molecule has 1 aromatic heterocycles. The van der Waals surface area contributed by atoms with Crippen LogP contribution < -0.4 is 0 Å². The van der Waals surface area contributed by atoms with Gasteiger partial charge in [-0.05, 0) is 43.5 Å². The van der Waals surface area contributed by atoms with Crippen LogP contribution in [0.2, 0.25) is 0 Å². The first kappa shape index (κ1) is 17.6. The van der Waals surface area contributed by atoms with E-state index in [0.717, 1.165) is 18.5 Å². The maximum Gasteiger partial charge on any atom is 0.229 e. The van der Waals surface area contributed by atoms with E-state index in [1.807, 2.05) is 22.6 Å². The van der Waals surface area contributed by atoms with E-state index in [0.29, 0.717) is 31.1 Å². The van der Waals surface area contributed by atoms with Crippen LogP contribution in [0.1, 0.15) is 42.9 Å². The van der Waals surface area contributed by atoms with Crippen molar-refractivity contribution in [2.24, 2.45) is 0 Å². The van der Waals surface area contributed by atoms with Gasteiger partial charge in [-0.1, -0.05) is 12.1 Å². The first-order valence-electron chi connectivity index (χ1n) is 8.77. The zero-order chi connectivity index (χ0) is 17.8. The zero-order valence-corrected chi connectivity index (χ0v) is 14.4. The number of aliphatic hydroxyl groups is 1. The minimum absolute atomic E-state index is 0.0490. The van der Waals surface area contributed by atoms with E-state index in [9.17, 15) is 9.18 Å². The molecule has 5 nitrogen and oxygen atoms in total. The van der Waals surface area contributed by atoms with Gasteiger partial charge in [0, 0.05) is 30.9 Å². The van der Waals surface area contributed by atoms with Gasteiger partial charge in [0.25, 0.3) is 0 Å². The molecule has 2 heterocycles. The fourth-order valence-electron chi connectivity index (χ4n) is 3.56. The Morgan fingerprint density at radius 3 is 2.80 bits per heavy atom. The summed E-state index contributed by atoms with van der Waals surface area (Å²) in [6.45, 7) is 3.77. The highest BCUT2D eigenvalue weighted by molar-refractivity contribution is 5.83. The molecule has 1 N–H and O–H groups in total. The van der Waals surface area contributed by atoms with E-state index in [1.165, 1.54) is 12.1 Å². The molecule has 0 unspecified atom stereocenters. The lowest BCUT2D eigenvalue weighted by Crippen LogP contribution is -2.40. The number of carbonyl (C=O) groups excluding carboxylic acids is 1. The fourth-order valence-corrected chi connectivity index (χ4v) is 3.56. The molecule has 6 heteroatoms. The number of carbonyl (C=O) groups is 1. The average molecular weight is 345 g/mol. The van der Waals surface area contributed by atoms with E-state index in [1.54, 1.807) is 18.3 Å². The average Bonchev–Trinajstić information content (AvgIpc) is 3.09. The molecule has 0 bridgehead atoms. The van der Waals surface area contributed by atoms with Gasteiger partial charge in [-0.25, -0.2) is 4.39 Å². The van der Waals surface area contributed by atoms with E-state index in [-0.39, 0.29) is 24.2 Å². The van der Waals surface area contributed by atoms with Gasteiger partial charge in [0.2, 0.25) is 5.91 Å². The van der Waals surface area contributed by atoms with Crippen molar-refractivity contribution in [3.05, 3.63) is 53.6 Å². The minimum Gasteiger partial charge on any atom is -0.394 e. The summed E-state index contributed by atoms with van der Waals surface area (Å²) < 4.78 is 15.2. The van der Waals surface area contributed by atoms with Gasteiger partial charge in [0.15, 0.2) is 0 Å². The highest BCUT2D eigenvalue weighted by Crippen LogP contribution is 2.29. The molecule has 1 aliphatic heterocycles. The van der Waals surface area contributed by atoms with Crippen LogP contribution in [0.5, 0.6) is 0 Å². The third-order valence-corrected chi connectivity index (χ3v) is 5.01. The molecule has 2 aromatic rings. The molecule has 134 valence electrons. The van der Waals surface area contributed by atoms with Crippen LogP contribution in [0.4, 0.5) is 4.39 Å². The summed E-state index contributed by atoms with van der Waals surface area (Å²) in [5.74, 6) is -0.254. The van der Waals surface area contributed by atoms with Gasteiger partial charge in [-0.3, -0.25) is 9.48 Å². The maximum atomic E-state index is 13.4. The Bertz CT molecular complexity index is 723. The van der Waals surface area contributed by atoms with Crippen LogP contribution in [-0.2, 0) is 11.3 Å². The number of amides is 1. The second-order valence-electron chi connectivity index (χ2n) is 6.58. The summed E-state index contributed by atoms with van der Waals surface area (Å²) in [5.41, 5.74) is 1.84. The van der Waals surface area contributed by atoms with Gasteiger partial charge in [0.1, 0.15) is 5.82 Å². The Hall–Kier alpha value is -2.21. The molecular formula is C19H24FN3O2. The number of likely N-dealkylation sites (tertiary alicyclic amines) is 1. The summed E-state index contributed by atoms with van der Waals surface area (Å²) in [7, 11) is 0. The summed E-state index contributed by atoms with van der Waals surface area (Å²) in [4.78, 5) is 14.6. The van der Waals surface area contributed by atoms with Crippen molar-refractivity contribution in [2.75, 3.05) is 19.7 Å². The quantitative estimate of drug-likeness (QED) is 0.906. The van der Waals surface area contributed by atoms with Crippen LogP contribution in [0.15, 0.2) is 36.5 Å². The van der Waals surface area contributed by atoms with E-state index in [2.05, 4.69) is 5.10 Å². The number of aliphatic hydroxyl groups excluding tert-OH is 1. The van der Waals surface area contributed by atoms with Crippen molar-refractivity contribution in [1.29, 1.82) is 0 Å². The number of piperidine rings is 1. The van der Waals surface area contributed by atoms with Gasteiger partial charge < -0.3 is 10.0 Å². The van der Waals surface area contributed by atoms with Crippen LogP contribution in [0.3, 0.4) is 0 Å². The molecule has 0 spiro atoms. The third-order valence-electron chi connectivity index (χ3n) is 5.01. The van der Waals surface area contributed by atoms with Crippen molar-refractivity contribution in [3.8, 4) is 0 Å². The molecule has 3 rings (SSSR count). The maximum absolute atomic E-state index is 13.4. The van der Waals surface area contributed by atoms with Crippen LogP contribution >= 0.6 is 0 Å². The van der Waals surface area contributed by atoms with Crippen LogP contribution in [0.25, 0.3) is 0 Å². The van der Waals surface area contributed by atoms with E-state index in [4.69, 9.17) is 5.11 Å². The topological polar surface area (TPSA) is 58.4 Å². The number of aromatic nitrogens is 2. The number of halogens is 1. The first-order chi connectivity index (χ1) is 12.1. The fraction of sp³-hybridized carbons (Fsp3) is 0.474. The Kier molecular flexibility index (Phi) is 5.48. The molecule has 1 amide bonds. The second-order valence-corrected chi connectivity index (χ2v) is 6.58. The second kappa shape index (κ2) is 7.78. The smallest absolute Gasteiger partial charge is 0.229 e. The molecule has 0 aliphatic carbocycles. The van der Waals surface area contributed by atoms with Gasteiger partial charge in [0.05, 0.1) is 19.1 Å². The first-order valence-corrected chi connectivity index (χ1v) is 8.77. The highest BCUT2D eigenvalue weighted by atomic mass is 19.1. The largest absolute Gasteiger partial charge is 0.394 e. The summed E-state index contributed by atoms with van der Waals surface area (Å²) >= 11 is 0. The van der Waals surface area contributed by atoms with Gasteiger partial charge in [-0.2, -0.15) is 5.10 Å². The summed E-state index contributed by atoms with van der Waals surface area (Å²) in [5, 5.41) is 13.4. The molecular weight excluding hydrogens is 321 g/mol. The third kappa shape index (κ3) is 3.90. The predicted octanol–water partition coefficient (Wildman–Crippen LogP) is 2.52. The van der Waals surface area contributed by atoms with Crippen LogP contribution in [0, 0.1) is 5.82 Å². The molecule has 25 heavy (non-hydrogen) atoms. The lowest BCUT2D eigenvalue weighted by molar-refractivity contribution is -0.133. The van der Waals surface area contributed by atoms with Crippen LogP contribution in [-0.4, -0.2) is 45.4 Å². The Morgan fingerprint density at radius 1 is 1.36 bits per heavy atom. The van der Waals surface area contributed by atoms with E-state index >= 15 is 0 Å². The van der Waals surface area contributed by atoms with Gasteiger partial charge >= 0.3 is 0 Å². The van der Waals surface area contributed by atoms with Crippen molar-refractivity contribution < 1.29 is 14.3 Å². The lowest BCUT2D eigenvalue weighted by Gasteiger charge is -2.34. The normalized spacial score (nSPS) is 16.8. The number of nitrogens with zero attached hydrogens (tertiary/aromatic N) is 3. The Morgan fingerprint density at radius 2 is 2.12 bits per heavy atom. The minimum atomic E-state index is -0.341. The molecule has 1 aliphatic rings. The Labute approximate surface area is 147 Å². The molecule has 1 fully saturated rings. The van der Waals surface area contributed by atoms with Crippen molar-refractivity contribution in [3.63, 3.8) is 0 Å². The number of rotatable bonds is 5. The standard InChI is InChI=1S/C19H24FN3O2/c1-14(16-3-2-4-17(20)13-16)19(25)22-9-6-15(7-10-22)18-5-8-21-23(18)11-12-24/h2-5,8,13-15,24H,6-7,9-12H2,1H3/t14-/m1/s1. The summed E-state index contributed by atoms with van der Waals surface area (Å²) in [6, 6.07) is 8.26. The Balaban J connectivity index is 1.61. The highest BCUT2D eigenvalue weighted by Gasteiger charge is 2.28. The predicted molar refractivity (Wildman–Crippen MR) is 92.7 cm³/mol. The molecule has 0 saturated carbocycles. The van der Waals surface area contributed by atoms with Crippen molar-refractivity contribution in [1.82, 2.24) is 14.7 Å². The number of hydrogen-bond acceptors (Lipinski definition) is 3. The molecule has 1 atom stereocenters. The lowest BCUT2D eigenvalue weighted by atomic mass is 9.91. The monoisotopic (exact) mass is 345 g/mol. The molecule has 0 radical (unpaired) electrons. The number of benzene rings is 1. The van der Waals surface area contributed by atoms with E-state index < -0.39 is 0 Å². The van der Waals surface area contributed by atoms with Gasteiger partial charge in [-0.15, -0.1) is 0 Å². The van der Waals surface area contributed by atoms with Crippen molar-refractivity contribution >= 4 is 5.91 Å².